The first kappa shape index (κ1) is 21.4. The van der Waals surface area contributed by atoms with Crippen LogP contribution in [0.4, 0.5) is 0 Å². The third-order valence-corrected chi connectivity index (χ3v) is 6.07. The molecule has 0 radical (unpaired) electrons. The van der Waals surface area contributed by atoms with Crippen LogP contribution in [0.5, 0.6) is 0 Å². The largest absolute Gasteiger partial charge is 0.356 e. The lowest BCUT2D eigenvalue weighted by molar-refractivity contribution is -0.120. The maximum atomic E-state index is 12.5. The van der Waals surface area contributed by atoms with E-state index in [1.165, 1.54) is 4.90 Å². The molecular weight excluding hydrogens is 382 g/mol. The monoisotopic (exact) mass is 411 g/mol. The minimum absolute atomic E-state index is 0.0414. The summed E-state index contributed by atoms with van der Waals surface area (Å²) in [5.41, 5.74) is 1.67. The quantitative estimate of drug-likeness (QED) is 0.704. The Hall–Kier alpha value is -2.34. The van der Waals surface area contributed by atoms with Crippen LogP contribution in [-0.2, 0) is 11.2 Å². The van der Waals surface area contributed by atoms with E-state index >= 15 is 0 Å². The molecule has 6 heteroatoms. The number of rotatable bonds is 7. The van der Waals surface area contributed by atoms with E-state index in [0.29, 0.717) is 29.7 Å². The van der Waals surface area contributed by atoms with Crippen molar-refractivity contribution in [3.05, 3.63) is 59.9 Å². The molecule has 1 aromatic heterocycles. The van der Waals surface area contributed by atoms with Gasteiger partial charge in [0.25, 0.3) is 5.91 Å². The van der Waals surface area contributed by atoms with Crippen LogP contribution < -0.4 is 5.32 Å². The number of nitrogens with one attached hydrogen (secondary N) is 1. The van der Waals surface area contributed by atoms with Crippen molar-refractivity contribution in [2.24, 2.45) is 5.92 Å². The van der Waals surface area contributed by atoms with Crippen molar-refractivity contribution in [3.63, 3.8) is 0 Å². The molecule has 2 amide bonds. The van der Waals surface area contributed by atoms with Crippen molar-refractivity contribution >= 4 is 23.6 Å². The highest BCUT2D eigenvalue weighted by Gasteiger charge is 2.24. The number of benzene rings is 1. The molecule has 1 aliphatic rings. The third-order valence-electron chi connectivity index (χ3n) is 5.06. The van der Waals surface area contributed by atoms with E-state index in [-0.39, 0.29) is 11.8 Å². The van der Waals surface area contributed by atoms with E-state index < -0.39 is 0 Å². The van der Waals surface area contributed by atoms with E-state index in [2.05, 4.69) is 36.3 Å². The smallest absolute Gasteiger partial charge is 0.255 e. The molecule has 0 unspecified atom stereocenters. The maximum Gasteiger partial charge on any atom is 0.255 e. The SMILES string of the molecule is CC(C)Sc1ccc(CC(=O)NCC2CCN(C(=O)c3cccnc3)CC2)cc1. The first-order chi connectivity index (χ1) is 14.0. The molecular formula is C23H29N3O2S. The second-order valence-corrected chi connectivity index (χ2v) is 9.42. The molecule has 0 spiro atoms. The zero-order valence-corrected chi connectivity index (χ0v) is 18.0. The number of carbonyl (C=O) groups excluding carboxylic acids is 2. The summed E-state index contributed by atoms with van der Waals surface area (Å²) in [6.07, 6.45) is 5.51. The van der Waals surface area contributed by atoms with Crippen molar-refractivity contribution in [3.8, 4) is 0 Å². The minimum Gasteiger partial charge on any atom is -0.356 e. The summed E-state index contributed by atoms with van der Waals surface area (Å²) in [4.78, 5) is 31.9. The van der Waals surface area contributed by atoms with Crippen molar-refractivity contribution in [1.82, 2.24) is 15.2 Å². The summed E-state index contributed by atoms with van der Waals surface area (Å²) in [6, 6.07) is 11.8. The molecule has 1 aromatic carbocycles. The van der Waals surface area contributed by atoms with Gasteiger partial charge in [0.1, 0.15) is 0 Å². The lowest BCUT2D eigenvalue weighted by Gasteiger charge is -2.32. The molecule has 5 nitrogen and oxygen atoms in total. The second-order valence-electron chi connectivity index (χ2n) is 7.77. The van der Waals surface area contributed by atoms with Crippen LogP contribution in [0.1, 0.15) is 42.6 Å². The van der Waals surface area contributed by atoms with Gasteiger partial charge in [-0.25, -0.2) is 0 Å². The number of likely N-dealkylation sites (tertiary alicyclic amines) is 1. The molecule has 29 heavy (non-hydrogen) atoms. The molecule has 0 aliphatic carbocycles. The van der Waals surface area contributed by atoms with Crippen LogP contribution in [0.3, 0.4) is 0 Å². The van der Waals surface area contributed by atoms with Crippen molar-refractivity contribution in [2.75, 3.05) is 19.6 Å². The van der Waals surface area contributed by atoms with Gasteiger partial charge in [-0.3, -0.25) is 14.6 Å². The average molecular weight is 412 g/mol. The number of nitrogens with zero attached hydrogens (tertiary/aromatic N) is 2. The Morgan fingerprint density at radius 1 is 1.17 bits per heavy atom. The standard InChI is InChI=1S/C23H29N3O2S/c1-17(2)29-21-7-5-18(6-8-21)14-22(27)25-15-19-9-12-26(13-10-19)23(28)20-4-3-11-24-16-20/h3-8,11,16-17,19H,9-10,12-15H2,1-2H3,(H,25,27). The number of carbonyl (C=O) groups is 2. The van der Waals surface area contributed by atoms with E-state index in [4.69, 9.17) is 0 Å². The van der Waals surface area contributed by atoms with Gasteiger partial charge in [0.05, 0.1) is 12.0 Å². The molecule has 0 atom stereocenters. The zero-order valence-electron chi connectivity index (χ0n) is 17.1. The van der Waals surface area contributed by atoms with Gasteiger partial charge in [0, 0.05) is 42.2 Å². The summed E-state index contributed by atoms with van der Waals surface area (Å²) in [6.45, 7) is 6.47. The Morgan fingerprint density at radius 3 is 2.52 bits per heavy atom. The molecule has 2 aromatic rings. The molecule has 0 bridgehead atoms. The first-order valence-electron chi connectivity index (χ1n) is 10.2. The first-order valence-corrected chi connectivity index (χ1v) is 11.1. The van der Waals surface area contributed by atoms with Gasteiger partial charge in [0.15, 0.2) is 0 Å². The zero-order chi connectivity index (χ0) is 20.6. The number of hydrogen-bond acceptors (Lipinski definition) is 4. The van der Waals surface area contributed by atoms with Gasteiger partial charge in [-0.1, -0.05) is 26.0 Å². The van der Waals surface area contributed by atoms with Crippen molar-refractivity contribution in [1.29, 1.82) is 0 Å². The second kappa shape index (κ2) is 10.4. The highest BCUT2D eigenvalue weighted by atomic mass is 32.2. The number of aromatic nitrogens is 1. The van der Waals surface area contributed by atoms with E-state index in [0.717, 1.165) is 31.5 Å². The Balaban J connectivity index is 1.39. The highest BCUT2D eigenvalue weighted by Crippen LogP contribution is 2.23. The fraction of sp³-hybridized carbons (Fsp3) is 0.435. The third kappa shape index (κ3) is 6.60. The lowest BCUT2D eigenvalue weighted by atomic mass is 9.96. The summed E-state index contributed by atoms with van der Waals surface area (Å²) < 4.78 is 0. The van der Waals surface area contributed by atoms with Crippen LogP contribution in [0, 0.1) is 5.92 Å². The molecule has 1 saturated heterocycles. The number of amides is 2. The number of pyridine rings is 1. The Labute approximate surface area is 177 Å². The fourth-order valence-electron chi connectivity index (χ4n) is 3.48. The number of thioether (sulfide) groups is 1. The molecule has 2 heterocycles. The van der Waals surface area contributed by atoms with Crippen LogP contribution >= 0.6 is 11.8 Å². The lowest BCUT2D eigenvalue weighted by Crippen LogP contribution is -2.41. The summed E-state index contributed by atoms with van der Waals surface area (Å²) in [7, 11) is 0. The highest BCUT2D eigenvalue weighted by molar-refractivity contribution is 7.99. The molecule has 1 fully saturated rings. The van der Waals surface area contributed by atoms with E-state index in [9.17, 15) is 9.59 Å². The van der Waals surface area contributed by atoms with Gasteiger partial charge in [-0.05, 0) is 48.6 Å². The number of hydrogen-bond donors (Lipinski definition) is 1. The van der Waals surface area contributed by atoms with Gasteiger partial charge in [-0.2, -0.15) is 0 Å². The summed E-state index contributed by atoms with van der Waals surface area (Å²) in [5, 5.41) is 3.62. The molecule has 3 rings (SSSR count). The van der Waals surface area contributed by atoms with Crippen LogP contribution in [0.2, 0.25) is 0 Å². The Kier molecular flexibility index (Phi) is 7.69. The minimum atomic E-state index is 0.0414. The van der Waals surface area contributed by atoms with Crippen LogP contribution in [0.25, 0.3) is 0 Å². The van der Waals surface area contributed by atoms with Gasteiger partial charge < -0.3 is 10.2 Å². The summed E-state index contributed by atoms with van der Waals surface area (Å²) >= 11 is 1.82. The number of piperidine rings is 1. The van der Waals surface area contributed by atoms with Gasteiger partial charge >= 0.3 is 0 Å². The van der Waals surface area contributed by atoms with Gasteiger partial charge in [-0.15, -0.1) is 11.8 Å². The molecule has 1 aliphatic heterocycles. The van der Waals surface area contributed by atoms with Crippen LogP contribution in [0.15, 0.2) is 53.7 Å². The normalized spacial score (nSPS) is 14.8. The van der Waals surface area contributed by atoms with Crippen LogP contribution in [-0.4, -0.2) is 46.6 Å². The Bertz CT molecular complexity index is 801. The predicted molar refractivity (Wildman–Crippen MR) is 117 cm³/mol. The van der Waals surface area contributed by atoms with Crippen molar-refractivity contribution in [2.45, 2.75) is 43.3 Å². The summed E-state index contributed by atoms with van der Waals surface area (Å²) in [5.74, 6) is 0.518. The maximum absolute atomic E-state index is 12.5. The van der Waals surface area contributed by atoms with E-state index in [1.807, 2.05) is 28.8 Å². The molecule has 0 saturated carbocycles. The molecule has 1 N–H and O–H groups in total. The van der Waals surface area contributed by atoms with Crippen molar-refractivity contribution < 1.29 is 9.59 Å². The van der Waals surface area contributed by atoms with E-state index in [1.54, 1.807) is 24.5 Å². The predicted octanol–water partition coefficient (Wildman–Crippen LogP) is 3.79. The topological polar surface area (TPSA) is 62.3 Å². The van der Waals surface area contributed by atoms with Gasteiger partial charge in [0.2, 0.25) is 5.91 Å². The average Bonchev–Trinajstić information content (AvgIpc) is 2.74. The molecule has 154 valence electrons. The Morgan fingerprint density at radius 2 is 1.90 bits per heavy atom. The fourth-order valence-corrected chi connectivity index (χ4v) is 4.31.